The van der Waals surface area contributed by atoms with Crippen molar-refractivity contribution < 1.29 is 19.0 Å². The Morgan fingerprint density at radius 1 is 0.920 bits per heavy atom. The van der Waals surface area contributed by atoms with Crippen LogP contribution in [0.4, 0.5) is 0 Å². The van der Waals surface area contributed by atoms with E-state index in [1.54, 1.807) is 38.4 Å². The molecule has 5 nitrogen and oxygen atoms in total. The lowest BCUT2D eigenvalue weighted by atomic mass is 9.97. The van der Waals surface area contributed by atoms with Gasteiger partial charge in [0.1, 0.15) is 5.75 Å². The Kier molecular flexibility index (Phi) is 6.28. The average molecular weight is 343 g/mol. The fourth-order valence-corrected chi connectivity index (χ4v) is 2.84. The molecular formula is C20H25NO4. The zero-order valence-electron chi connectivity index (χ0n) is 15.5. The van der Waals surface area contributed by atoms with Crippen molar-refractivity contribution in [3.8, 4) is 28.4 Å². The highest BCUT2D eigenvalue weighted by Gasteiger charge is 2.21. The third-order valence-corrected chi connectivity index (χ3v) is 4.20. The number of benzene rings is 2. The summed E-state index contributed by atoms with van der Waals surface area (Å²) in [7, 11) is 4.79. The van der Waals surface area contributed by atoms with E-state index < -0.39 is 0 Å². The maximum Gasteiger partial charge on any atom is 0.254 e. The SMILES string of the molecule is CCN(CC)C(=O)c1ccc(OC)cc1-c1cccc(OC)c1OC. The number of carbonyl (C=O) groups excluding carboxylic acids is 1. The summed E-state index contributed by atoms with van der Waals surface area (Å²) in [4.78, 5) is 14.8. The lowest BCUT2D eigenvalue weighted by Crippen LogP contribution is -2.30. The molecule has 0 aromatic heterocycles. The fourth-order valence-electron chi connectivity index (χ4n) is 2.84. The molecule has 0 unspecified atom stereocenters. The number of methoxy groups -OCH3 is 3. The van der Waals surface area contributed by atoms with Crippen LogP contribution in [0.25, 0.3) is 11.1 Å². The molecule has 0 aliphatic rings. The van der Waals surface area contributed by atoms with Crippen molar-refractivity contribution >= 4 is 5.91 Å². The minimum atomic E-state index is -0.0208. The molecule has 2 aromatic rings. The molecule has 2 rings (SSSR count). The van der Waals surface area contributed by atoms with Crippen molar-refractivity contribution in [3.05, 3.63) is 42.0 Å². The van der Waals surface area contributed by atoms with Crippen LogP contribution in [-0.2, 0) is 0 Å². The Hall–Kier alpha value is -2.69. The van der Waals surface area contributed by atoms with Gasteiger partial charge in [-0.25, -0.2) is 0 Å². The summed E-state index contributed by atoms with van der Waals surface area (Å²) in [5, 5.41) is 0. The molecule has 5 heteroatoms. The van der Waals surface area contributed by atoms with Gasteiger partial charge in [0.05, 0.1) is 21.3 Å². The Balaban J connectivity index is 2.69. The van der Waals surface area contributed by atoms with Crippen molar-refractivity contribution in [2.24, 2.45) is 0 Å². The molecule has 0 radical (unpaired) electrons. The summed E-state index contributed by atoms with van der Waals surface area (Å²) >= 11 is 0. The molecule has 134 valence electrons. The average Bonchev–Trinajstić information content (AvgIpc) is 2.67. The second-order valence-corrected chi connectivity index (χ2v) is 5.43. The van der Waals surface area contributed by atoms with Gasteiger partial charge < -0.3 is 19.1 Å². The number of hydrogen-bond donors (Lipinski definition) is 0. The monoisotopic (exact) mass is 343 g/mol. The van der Waals surface area contributed by atoms with Crippen LogP contribution in [0.5, 0.6) is 17.2 Å². The lowest BCUT2D eigenvalue weighted by Gasteiger charge is -2.22. The highest BCUT2D eigenvalue weighted by atomic mass is 16.5. The third kappa shape index (κ3) is 3.71. The minimum absolute atomic E-state index is 0.0208. The topological polar surface area (TPSA) is 48.0 Å². The van der Waals surface area contributed by atoms with Crippen LogP contribution in [0.2, 0.25) is 0 Å². The van der Waals surface area contributed by atoms with Gasteiger partial charge in [-0.05, 0) is 38.1 Å². The highest BCUT2D eigenvalue weighted by Crippen LogP contribution is 2.40. The van der Waals surface area contributed by atoms with Crippen molar-refractivity contribution in [1.29, 1.82) is 0 Å². The number of hydrogen-bond acceptors (Lipinski definition) is 4. The van der Waals surface area contributed by atoms with E-state index in [2.05, 4.69) is 0 Å². The van der Waals surface area contributed by atoms with Gasteiger partial charge in [0.15, 0.2) is 11.5 Å². The van der Waals surface area contributed by atoms with E-state index in [0.29, 0.717) is 35.9 Å². The van der Waals surface area contributed by atoms with E-state index in [1.807, 2.05) is 38.1 Å². The van der Waals surface area contributed by atoms with E-state index in [9.17, 15) is 4.79 Å². The van der Waals surface area contributed by atoms with E-state index in [-0.39, 0.29) is 5.91 Å². The molecule has 0 heterocycles. The molecule has 1 amide bonds. The zero-order chi connectivity index (χ0) is 18.4. The predicted molar refractivity (Wildman–Crippen MR) is 98.8 cm³/mol. The van der Waals surface area contributed by atoms with E-state index >= 15 is 0 Å². The summed E-state index contributed by atoms with van der Waals surface area (Å²) in [6, 6.07) is 11.1. The van der Waals surface area contributed by atoms with Gasteiger partial charge in [0, 0.05) is 29.8 Å². The lowest BCUT2D eigenvalue weighted by molar-refractivity contribution is 0.0773. The Bertz CT molecular complexity index is 738. The normalized spacial score (nSPS) is 10.3. The molecule has 0 N–H and O–H groups in total. The number of nitrogens with zero attached hydrogens (tertiary/aromatic N) is 1. The number of amides is 1. The summed E-state index contributed by atoms with van der Waals surface area (Å²) < 4.78 is 16.3. The van der Waals surface area contributed by atoms with Crippen molar-refractivity contribution in [2.45, 2.75) is 13.8 Å². The number of rotatable bonds is 7. The molecule has 25 heavy (non-hydrogen) atoms. The van der Waals surface area contributed by atoms with Crippen LogP contribution < -0.4 is 14.2 Å². The first-order valence-corrected chi connectivity index (χ1v) is 8.29. The second kappa shape index (κ2) is 8.42. The highest BCUT2D eigenvalue weighted by molar-refractivity contribution is 6.02. The maximum atomic E-state index is 13.0. The van der Waals surface area contributed by atoms with E-state index in [4.69, 9.17) is 14.2 Å². The van der Waals surface area contributed by atoms with Gasteiger partial charge >= 0.3 is 0 Å². The van der Waals surface area contributed by atoms with E-state index in [1.165, 1.54) is 0 Å². The zero-order valence-corrected chi connectivity index (χ0v) is 15.5. The molecule has 0 saturated heterocycles. The molecule has 0 aliphatic heterocycles. The fraction of sp³-hybridized carbons (Fsp3) is 0.350. The largest absolute Gasteiger partial charge is 0.497 e. The first-order valence-electron chi connectivity index (χ1n) is 8.29. The second-order valence-electron chi connectivity index (χ2n) is 5.43. The van der Waals surface area contributed by atoms with Gasteiger partial charge in [0.25, 0.3) is 5.91 Å². The van der Waals surface area contributed by atoms with Gasteiger partial charge in [-0.1, -0.05) is 12.1 Å². The Morgan fingerprint density at radius 2 is 1.64 bits per heavy atom. The minimum Gasteiger partial charge on any atom is -0.497 e. The maximum absolute atomic E-state index is 13.0. The van der Waals surface area contributed by atoms with Crippen LogP contribution in [0, 0.1) is 0 Å². The van der Waals surface area contributed by atoms with Crippen molar-refractivity contribution in [1.82, 2.24) is 4.90 Å². The molecule has 0 spiro atoms. The molecule has 0 atom stereocenters. The summed E-state index contributed by atoms with van der Waals surface area (Å²) in [6.07, 6.45) is 0. The number of ether oxygens (including phenoxy) is 3. The molecule has 2 aromatic carbocycles. The summed E-state index contributed by atoms with van der Waals surface area (Å²) in [5.74, 6) is 1.86. The van der Waals surface area contributed by atoms with Crippen LogP contribution in [0.1, 0.15) is 24.2 Å². The van der Waals surface area contributed by atoms with Crippen LogP contribution in [-0.4, -0.2) is 45.2 Å². The van der Waals surface area contributed by atoms with Crippen molar-refractivity contribution in [3.63, 3.8) is 0 Å². The van der Waals surface area contributed by atoms with Crippen LogP contribution in [0.3, 0.4) is 0 Å². The van der Waals surface area contributed by atoms with E-state index in [0.717, 1.165) is 11.1 Å². The quantitative estimate of drug-likeness (QED) is 0.766. The summed E-state index contributed by atoms with van der Waals surface area (Å²) in [5.41, 5.74) is 2.15. The molecule has 0 aliphatic carbocycles. The molecule has 0 bridgehead atoms. The number of para-hydroxylation sites is 1. The Morgan fingerprint density at radius 3 is 2.20 bits per heavy atom. The predicted octanol–water partition coefficient (Wildman–Crippen LogP) is 3.86. The van der Waals surface area contributed by atoms with Gasteiger partial charge in [0.2, 0.25) is 0 Å². The third-order valence-electron chi connectivity index (χ3n) is 4.20. The van der Waals surface area contributed by atoms with Crippen molar-refractivity contribution in [2.75, 3.05) is 34.4 Å². The number of carbonyl (C=O) groups is 1. The summed E-state index contributed by atoms with van der Waals surface area (Å²) in [6.45, 7) is 5.24. The first-order chi connectivity index (χ1) is 12.1. The smallest absolute Gasteiger partial charge is 0.254 e. The van der Waals surface area contributed by atoms with Gasteiger partial charge in [-0.15, -0.1) is 0 Å². The molecule has 0 fully saturated rings. The molecule has 0 saturated carbocycles. The Labute approximate surface area is 149 Å². The van der Waals surface area contributed by atoms with Gasteiger partial charge in [-0.3, -0.25) is 4.79 Å². The molecular weight excluding hydrogens is 318 g/mol. The van der Waals surface area contributed by atoms with Crippen LogP contribution >= 0.6 is 0 Å². The van der Waals surface area contributed by atoms with Gasteiger partial charge in [-0.2, -0.15) is 0 Å². The van der Waals surface area contributed by atoms with Crippen LogP contribution in [0.15, 0.2) is 36.4 Å². The first kappa shape index (κ1) is 18.6. The standard InChI is InChI=1S/C20H25NO4/c1-6-21(7-2)20(22)16-12-11-14(23-3)13-17(16)15-9-8-10-18(24-4)19(15)25-5/h8-13H,6-7H2,1-5H3.